The molecule has 0 aliphatic heterocycles. The third-order valence-electron chi connectivity index (χ3n) is 2.43. The van der Waals surface area contributed by atoms with Crippen LogP contribution >= 0.6 is 0 Å². The van der Waals surface area contributed by atoms with Gasteiger partial charge in [0.1, 0.15) is 5.76 Å². The van der Waals surface area contributed by atoms with Crippen LogP contribution in [0.4, 0.5) is 4.79 Å². The van der Waals surface area contributed by atoms with Gasteiger partial charge in [0.05, 0.1) is 12.1 Å². The first-order chi connectivity index (χ1) is 8.81. The van der Waals surface area contributed by atoms with Gasteiger partial charge in [-0.1, -0.05) is 5.16 Å². The van der Waals surface area contributed by atoms with Crippen LogP contribution in [0, 0.1) is 13.8 Å². The normalized spacial score (nSPS) is 11.7. The Morgan fingerprint density at radius 1 is 1.42 bits per heavy atom. The number of imide groups is 1. The van der Waals surface area contributed by atoms with E-state index in [-0.39, 0.29) is 6.42 Å². The molecule has 0 saturated carbocycles. The lowest BCUT2D eigenvalue weighted by Crippen LogP contribution is -2.42. The van der Waals surface area contributed by atoms with Crippen LogP contribution in [0.1, 0.15) is 23.9 Å². The van der Waals surface area contributed by atoms with Gasteiger partial charge in [-0.2, -0.15) is 0 Å². The van der Waals surface area contributed by atoms with Gasteiger partial charge in [0.2, 0.25) is 0 Å². The summed E-state index contributed by atoms with van der Waals surface area (Å²) in [5.41, 5.74) is 5.98. The zero-order valence-electron chi connectivity index (χ0n) is 10.9. The number of nitrogens with zero attached hydrogens (tertiary/aromatic N) is 1. The third kappa shape index (κ3) is 4.09. The average Bonchev–Trinajstić information content (AvgIpc) is 2.59. The van der Waals surface area contributed by atoms with E-state index in [1.165, 1.54) is 6.92 Å². The number of urea groups is 1. The van der Waals surface area contributed by atoms with E-state index in [2.05, 4.69) is 5.16 Å². The fourth-order valence-electron chi connectivity index (χ4n) is 1.41. The monoisotopic (exact) mass is 269 g/mol. The number of nitrogens with one attached hydrogen (secondary N) is 1. The molecule has 8 nitrogen and oxygen atoms in total. The lowest BCUT2D eigenvalue weighted by Gasteiger charge is -2.11. The quantitative estimate of drug-likeness (QED) is 0.739. The third-order valence-corrected chi connectivity index (χ3v) is 2.43. The topological polar surface area (TPSA) is 125 Å². The number of hydrogen-bond acceptors (Lipinski definition) is 6. The van der Waals surface area contributed by atoms with E-state index < -0.39 is 24.0 Å². The minimum Gasteiger partial charge on any atom is -0.452 e. The molecule has 104 valence electrons. The molecular weight excluding hydrogens is 254 g/mol. The van der Waals surface area contributed by atoms with Crippen molar-refractivity contribution in [3.05, 3.63) is 17.0 Å². The summed E-state index contributed by atoms with van der Waals surface area (Å²) >= 11 is 0. The Morgan fingerprint density at radius 3 is 2.53 bits per heavy atom. The number of amides is 3. The minimum atomic E-state index is -1.11. The van der Waals surface area contributed by atoms with Crippen LogP contribution < -0.4 is 11.1 Å². The largest absolute Gasteiger partial charge is 0.452 e. The molecule has 3 amide bonds. The number of esters is 1. The van der Waals surface area contributed by atoms with E-state index in [9.17, 15) is 14.4 Å². The van der Waals surface area contributed by atoms with Crippen molar-refractivity contribution in [1.29, 1.82) is 0 Å². The Morgan fingerprint density at radius 2 is 2.05 bits per heavy atom. The van der Waals surface area contributed by atoms with E-state index in [1.54, 1.807) is 13.8 Å². The van der Waals surface area contributed by atoms with Crippen LogP contribution in [-0.2, 0) is 20.7 Å². The summed E-state index contributed by atoms with van der Waals surface area (Å²) in [4.78, 5) is 33.4. The number of ether oxygens (including phenoxy) is 1. The summed E-state index contributed by atoms with van der Waals surface area (Å²) < 4.78 is 9.77. The first kappa shape index (κ1) is 14.7. The second-order valence-corrected chi connectivity index (χ2v) is 3.97. The molecule has 0 bridgehead atoms. The van der Waals surface area contributed by atoms with Crippen molar-refractivity contribution < 1.29 is 23.6 Å². The Labute approximate surface area is 109 Å². The number of carbonyl (C=O) groups excluding carboxylic acids is 3. The lowest BCUT2D eigenvalue weighted by atomic mass is 10.1. The van der Waals surface area contributed by atoms with Crippen LogP contribution in [0.2, 0.25) is 0 Å². The lowest BCUT2D eigenvalue weighted by molar-refractivity contribution is -0.153. The molecule has 0 spiro atoms. The number of aryl methyl sites for hydroxylation is 2. The van der Waals surface area contributed by atoms with Crippen molar-refractivity contribution in [1.82, 2.24) is 10.5 Å². The van der Waals surface area contributed by atoms with Crippen LogP contribution in [0.3, 0.4) is 0 Å². The highest BCUT2D eigenvalue weighted by Gasteiger charge is 2.21. The Balaban J connectivity index is 2.56. The van der Waals surface area contributed by atoms with Gasteiger partial charge >= 0.3 is 12.0 Å². The van der Waals surface area contributed by atoms with Crippen molar-refractivity contribution in [3.8, 4) is 0 Å². The summed E-state index contributed by atoms with van der Waals surface area (Å²) in [5, 5.41) is 5.52. The van der Waals surface area contributed by atoms with Crippen LogP contribution in [0.25, 0.3) is 0 Å². The summed E-state index contributed by atoms with van der Waals surface area (Å²) in [5.74, 6) is -0.884. The number of hydrogen-bond donors (Lipinski definition) is 2. The first-order valence-corrected chi connectivity index (χ1v) is 5.52. The maximum Gasteiger partial charge on any atom is 0.318 e. The molecule has 1 heterocycles. The molecule has 19 heavy (non-hydrogen) atoms. The van der Waals surface area contributed by atoms with Gasteiger partial charge in [-0.05, 0) is 20.8 Å². The minimum absolute atomic E-state index is 0.0602. The summed E-state index contributed by atoms with van der Waals surface area (Å²) in [7, 11) is 0. The van der Waals surface area contributed by atoms with Crippen molar-refractivity contribution >= 4 is 17.9 Å². The molecule has 0 aliphatic carbocycles. The molecule has 0 unspecified atom stereocenters. The number of primary amides is 1. The van der Waals surface area contributed by atoms with Gasteiger partial charge < -0.3 is 15.0 Å². The zero-order valence-corrected chi connectivity index (χ0v) is 10.9. The predicted octanol–water partition coefficient (Wildman–Crippen LogP) is -0.0395. The smallest absolute Gasteiger partial charge is 0.318 e. The second kappa shape index (κ2) is 5.98. The molecule has 0 fully saturated rings. The first-order valence-electron chi connectivity index (χ1n) is 5.52. The van der Waals surface area contributed by atoms with Crippen LogP contribution in [0.5, 0.6) is 0 Å². The molecule has 1 rings (SSSR count). The SMILES string of the molecule is Cc1noc(C)c1CC(=O)O[C@H](C)C(=O)NC(N)=O. The maximum atomic E-state index is 11.6. The molecule has 3 N–H and O–H groups in total. The van der Waals surface area contributed by atoms with E-state index in [0.29, 0.717) is 17.0 Å². The fourth-order valence-corrected chi connectivity index (χ4v) is 1.41. The van der Waals surface area contributed by atoms with Crippen molar-refractivity contribution in [3.63, 3.8) is 0 Å². The van der Waals surface area contributed by atoms with E-state index in [0.717, 1.165) is 0 Å². The molecule has 0 aromatic carbocycles. The number of aromatic nitrogens is 1. The highest BCUT2D eigenvalue weighted by Crippen LogP contribution is 2.13. The van der Waals surface area contributed by atoms with Gasteiger partial charge in [-0.15, -0.1) is 0 Å². The van der Waals surface area contributed by atoms with Crippen LogP contribution in [0.15, 0.2) is 4.52 Å². The van der Waals surface area contributed by atoms with E-state index in [4.69, 9.17) is 15.0 Å². The average molecular weight is 269 g/mol. The molecule has 1 atom stereocenters. The van der Waals surface area contributed by atoms with Crippen molar-refractivity contribution in [2.45, 2.75) is 33.3 Å². The van der Waals surface area contributed by atoms with Crippen molar-refractivity contribution in [2.24, 2.45) is 5.73 Å². The zero-order chi connectivity index (χ0) is 14.6. The van der Waals surface area contributed by atoms with Gasteiger partial charge in [0, 0.05) is 5.56 Å². The van der Waals surface area contributed by atoms with Gasteiger partial charge in [-0.25, -0.2) is 4.79 Å². The molecule has 1 aromatic rings. The molecule has 0 aliphatic rings. The maximum absolute atomic E-state index is 11.6. The Hall–Kier alpha value is -2.38. The van der Waals surface area contributed by atoms with Crippen molar-refractivity contribution in [2.75, 3.05) is 0 Å². The standard InChI is InChI=1S/C11H15N3O5/c1-5-8(6(2)19-14-5)4-9(15)18-7(3)10(16)13-11(12)17/h7H,4H2,1-3H3,(H3,12,13,16,17)/t7-/m1/s1. The van der Waals surface area contributed by atoms with Crippen LogP contribution in [-0.4, -0.2) is 29.2 Å². The molecular formula is C11H15N3O5. The van der Waals surface area contributed by atoms with E-state index in [1.807, 2.05) is 5.32 Å². The number of carbonyl (C=O) groups is 3. The predicted molar refractivity (Wildman–Crippen MR) is 63.0 cm³/mol. The number of rotatable bonds is 4. The summed E-state index contributed by atoms with van der Waals surface area (Å²) in [6, 6.07) is -1.00. The molecule has 1 aromatic heterocycles. The Kier molecular flexibility index (Phi) is 4.62. The highest BCUT2D eigenvalue weighted by atomic mass is 16.5. The molecule has 0 saturated heterocycles. The van der Waals surface area contributed by atoms with Gasteiger partial charge in [0.15, 0.2) is 6.10 Å². The molecule has 8 heteroatoms. The van der Waals surface area contributed by atoms with Gasteiger partial charge in [-0.3, -0.25) is 14.9 Å². The number of nitrogens with two attached hydrogens (primary N) is 1. The second-order valence-electron chi connectivity index (χ2n) is 3.97. The van der Waals surface area contributed by atoms with Gasteiger partial charge in [0.25, 0.3) is 5.91 Å². The summed E-state index contributed by atoms with van der Waals surface area (Å²) in [6.45, 7) is 4.71. The highest BCUT2D eigenvalue weighted by molar-refractivity contribution is 5.96. The fraction of sp³-hybridized carbons (Fsp3) is 0.455. The van der Waals surface area contributed by atoms with E-state index >= 15 is 0 Å². The molecule has 0 radical (unpaired) electrons. The summed E-state index contributed by atoms with van der Waals surface area (Å²) in [6.07, 6.45) is -1.17. The Bertz CT molecular complexity index is 489.